The third-order valence-electron chi connectivity index (χ3n) is 4.93. The van der Waals surface area contributed by atoms with Gasteiger partial charge in [-0.1, -0.05) is 43.2 Å². The van der Waals surface area contributed by atoms with E-state index in [0.717, 1.165) is 44.2 Å². The van der Waals surface area contributed by atoms with Gasteiger partial charge < -0.3 is 14.9 Å². The first-order valence-corrected chi connectivity index (χ1v) is 8.64. The molecule has 23 heavy (non-hydrogen) atoms. The van der Waals surface area contributed by atoms with Crippen LogP contribution in [-0.4, -0.2) is 55.0 Å². The number of nitrogens with zero attached hydrogens (tertiary/aromatic N) is 2. The minimum absolute atomic E-state index is 0.0219. The lowest BCUT2D eigenvalue weighted by Crippen LogP contribution is -2.50. The summed E-state index contributed by atoms with van der Waals surface area (Å²) >= 11 is 0. The van der Waals surface area contributed by atoms with Crippen molar-refractivity contribution in [3.8, 4) is 0 Å². The number of carbonyl (C=O) groups is 1. The molecule has 4 heteroatoms. The van der Waals surface area contributed by atoms with E-state index in [2.05, 4.69) is 4.90 Å². The van der Waals surface area contributed by atoms with Crippen LogP contribution in [0.25, 0.3) is 0 Å². The van der Waals surface area contributed by atoms with E-state index in [-0.39, 0.29) is 11.8 Å². The Morgan fingerprint density at radius 1 is 1.13 bits per heavy atom. The molecule has 2 rings (SSSR count). The predicted molar refractivity (Wildman–Crippen MR) is 93.1 cm³/mol. The molecule has 1 aromatic rings. The van der Waals surface area contributed by atoms with Crippen LogP contribution in [0, 0.1) is 5.92 Å². The van der Waals surface area contributed by atoms with E-state index in [1.165, 1.54) is 0 Å². The molecule has 0 heterocycles. The molecule has 1 saturated carbocycles. The monoisotopic (exact) mass is 318 g/mol. The Kier molecular flexibility index (Phi) is 6.19. The molecule has 1 aliphatic carbocycles. The van der Waals surface area contributed by atoms with Crippen molar-refractivity contribution in [1.29, 1.82) is 0 Å². The number of aliphatic hydroxyl groups is 1. The summed E-state index contributed by atoms with van der Waals surface area (Å²) in [5.41, 5.74) is -0.652. The molecule has 1 aromatic carbocycles. The highest BCUT2D eigenvalue weighted by Crippen LogP contribution is 2.41. The van der Waals surface area contributed by atoms with Gasteiger partial charge in [-0.05, 0) is 45.5 Å². The zero-order valence-corrected chi connectivity index (χ0v) is 14.7. The average Bonchev–Trinajstić information content (AvgIpc) is 3.08. The van der Waals surface area contributed by atoms with Crippen LogP contribution in [0.4, 0.5) is 0 Å². The van der Waals surface area contributed by atoms with E-state index in [0.29, 0.717) is 6.54 Å². The van der Waals surface area contributed by atoms with Crippen molar-refractivity contribution in [2.45, 2.75) is 37.7 Å². The number of amides is 1. The fourth-order valence-electron chi connectivity index (χ4n) is 3.59. The summed E-state index contributed by atoms with van der Waals surface area (Å²) in [5, 5.41) is 11.4. The molecule has 4 nitrogen and oxygen atoms in total. The highest BCUT2D eigenvalue weighted by atomic mass is 16.3. The number of rotatable bonds is 7. The van der Waals surface area contributed by atoms with Gasteiger partial charge in [0.1, 0.15) is 0 Å². The summed E-state index contributed by atoms with van der Waals surface area (Å²) in [4.78, 5) is 16.9. The molecule has 1 aliphatic rings. The molecule has 1 fully saturated rings. The van der Waals surface area contributed by atoms with Gasteiger partial charge in [0.15, 0.2) is 5.60 Å². The third-order valence-corrected chi connectivity index (χ3v) is 4.93. The number of hydrogen-bond donors (Lipinski definition) is 1. The Balaban J connectivity index is 2.18. The number of carbonyl (C=O) groups excluding carboxylic acids is 1. The van der Waals surface area contributed by atoms with Crippen molar-refractivity contribution >= 4 is 5.91 Å². The summed E-state index contributed by atoms with van der Waals surface area (Å²) in [6, 6.07) is 9.47. The standard InChI is InChI=1S/C19H30N2O2/c1-20(2)14-9-15-21(3)18(22)19(23,17-12-7-8-13-17)16-10-5-4-6-11-16/h4-6,10-11,17,23H,7-9,12-15H2,1-3H3. The van der Waals surface area contributed by atoms with Gasteiger partial charge in [-0.15, -0.1) is 0 Å². The number of hydrogen-bond acceptors (Lipinski definition) is 3. The molecule has 1 atom stereocenters. The molecule has 0 aromatic heterocycles. The fourth-order valence-corrected chi connectivity index (χ4v) is 3.59. The van der Waals surface area contributed by atoms with Crippen LogP contribution in [0.2, 0.25) is 0 Å². The quantitative estimate of drug-likeness (QED) is 0.840. The second-order valence-electron chi connectivity index (χ2n) is 7.00. The summed E-state index contributed by atoms with van der Waals surface area (Å²) < 4.78 is 0. The minimum Gasteiger partial charge on any atom is -0.375 e. The van der Waals surface area contributed by atoms with E-state index >= 15 is 0 Å². The van der Waals surface area contributed by atoms with E-state index in [1.807, 2.05) is 44.4 Å². The van der Waals surface area contributed by atoms with Crippen molar-refractivity contribution in [3.63, 3.8) is 0 Å². The van der Waals surface area contributed by atoms with Gasteiger partial charge in [0.25, 0.3) is 5.91 Å². The molecule has 1 amide bonds. The van der Waals surface area contributed by atoms with Gasteiger partial charge in [0, 0.05) is 19.5 Å². The van der Waals surface area contributed by atoms with Crippen LogP contribution in [0.15, 0.2) is 30.3 Å². The molecule has 0 spiro atoms. The molecular formula is C19H30N2O2. The molecule has 128 valence electrons. The van der Waals surface area contributed by atoms with Gasteiger partial charge in [0.05, 0.1) is 0 Å². The lowest BCUT2D eigenvalue weighted by atomic mass is 9.79. The maximum Gasteiger partial charge on any atom is 0.259 e. The Hall–Kier alpha value is -1.39. The summed E-state index contributed by atoms with van der Waals surface area (Å²) in [6.07, 6.45) is 4.94. The van der Waals surface area contributed by atoms with E-state index in [1.54, 1.807) is 11.9 Å². The fraction of sp³-hybridized carbons (Fsp3) is 0.632. The van der Waals surface area contributed by atoms with Crippen LogP contribution < -0.4 is 0 Å². The number of benzene rings is 1. The normalized spacial score (nSPS) is 18.1. The van der Waals surface area contributed by atoms with E-state index in [9.17, 15) is 9.90 Å². The van der Waals surface area contributed by atoms with Crippen molar-refractivity contribution in [2.75, 3.05) is 34.2 Å². The van der Waals surface area contributed by atoms with Gasteiger partial charge in [-0.25, -0.2) is 0 Å². The predicted octanol–water partition coefficient (Wildman–Crippen LogP) is 2.47. The minimum atomic E-state index is -1.38. The summed E-state index contributed by atoms with van der Waals surface area (Å²) in [6.45, 7) is 1.60. The maximum absolute atomic E-state index is 13.1. The first-order valence-electron chi connectivity index (χ1n) is 8.64. The second-order valence-corrected chi connectivity index (χ2v) is 7.00. The van der Waals surface area contributed by atoms with Crippen LogP contribution in [0.3, 0.4) is 0 Å². The highest BCUT2D eigenvalue weighted by molar-refractivity contribution is 5.86. The summed E-state index contributed by atoms with van der Waals surface area (Å²) in [7, 11) is 5.86. The van der Waals surface area contributed by atoms with E-state index in [4.69, 9.17) is 0 Å². The van der Waals surface area contributed by atoms with Crippen molar-refractivity contribution in [1.82, 2.24) is 9.80 Å². The van der Waals surface area contributed by atoms with Gasteiger partial charge in [-0.3, -0.25) is 4.79 Å². The number of likely N-dealkylation sites (N-methyl/N-ethyl adjacent to an activating group) is 1. The Morgan fingerprint density at radius 2 is 1.74 bits per heavy atom. The van der Waals surface area contributed by atoms with Gasteiger partial charge >= 0.3 is 0 Å². The largest absolute Gasteiger partial charge is 0.375 e. The first-order chi connectivity index (χ1) is 11.0. The van der Waals surface area contributed by atoms with Crippen LogP contribution >= 0.6 is 0 Å². The van der Waals surface area contributed by atoms with Crippen molar-refractivity contribution in [3.05, 3.63) is 35.9 Å². The van der Waals surface area contributed by atoms with E-state index < -0.39 is 5.60 Å². The smallest absolute Gasteiger partial charge is 0.259 e. The SMILES string of the molecule is CN(C)CCCN(C)C(=O)C(O)(c1ccccc1)C1CCCC1. The molecule has 0 bridgehead atoms. The Morgan fingerprint density at radius 3 is 2.30 bits per heavy atom. The first kappa shape index (κ1) is 18.0. The lowest BCUT2D eigenvalue weighted by molar-refractivity contribution is -0.158. The highest BCUT2D eigenvalue weighted by Gasteiger charge is 2.47. The third kappa shape index (κ3) is 4.12. The topological polar surface area (TPSA) is 43.8 Å². The Bertz CT molecular complexity index is 497. The summed E-state index contributed by atoms with van der Waals surface area (Å²) in [5.74, 6) is -0.136. The molecule has 1 unspecified atom stereocenters. The molecule has 0 aliphatic heterocycles. The lowest BCUT2D eigenvalue weighted by Gasteiger charge is -2.36. The Labute approximate surface area is 140 Å². The molecular weight excluding hydrogens is 288 g/mol. The molecule has 1 N–H and O–H groups in total. The van der Waals surface area contributed by atoms with Crippen LogP contribution in [-0.2, 0) is 10.4 Å². The van der Waals surface area contributed by atoms with Crippen LogP contribution in [0.5, 0.6) is 0 Å². The van der Waals surface area contributed by atoms with Gasteiger partial charge in [-0.2, -0.15) is 0 Å². The van der Waals surface area contributed by atoms with Crippen molar-refractivity contribution < 1.29 is 9.90 Å². The molecule has 0 radical (unpaired) electrons. The molecule has 0 saturated heterocycles. The zero-order chi connectivity index (χ0) is 16.9. The second kappa shape index (κ2) is 7.93. The zero-order valence-electron chi connectivity index (χ0n) is 14.7. The maximum atomic E-state index is 13.1. The van der Waals surface area contributed by atoms with Crippen LogP contribution in [0.1, 0.15) is 37.7 Å². The average molecular weight is 318 g/mol. The van der Waals surface area contributed by atoms with Gasteiger partial charge in [0.2, 0.25) is 0 Å². The van der Waals surface area contributed by atoms with Crippen molar-refractivity contribution in [2.24, 2.45) is 5.92 Å².